The molecule has 1 saturated heterocycles. The van der Waals surface area contributed by atoms with Crippen LogP contribution in [0.3, 0.4) is 0 Å². The van der Waals surface area contributed by atoms with Crippen LogP contribution < -0.4 is 5.32 Å². The third-order valence-corrected chi connectivity index (χ3v) is 3.94. The van der Waals surface area contributed by atoms with Crippen molar-refractivity contribution in [3.63, 3.8) is 0 Å². The van der Waals surface area contributed by atoms with E-state index < -0.39 is 11.9 Å². The Kier molecular flexibility index (Phi) is 4.37. The van der Waals surface area contributed by atoms with Gasteiger partial charge >= 0.3 is 5.97 Å². The van der Waals surface area contributed by atoms with Gasteiger partial charge in [0.1, 0.15) is 5.82 Å². The van der Waals surface area contributed by atoms with Crippen molar-refractivity contribution in [1.82, 2.24) is 5.32 Å². The van der Waals surface area contributed by atoms with Crippen LogP contribution in [0.4, 0.5) is 4.39 Å². The van der Waals surface area contributed by atoms with E-state index in [2.05, 4.69) is 5.32 Å². The minimum atomic E-state index is -0.505. The number of ether oxygens (including phenoxy) is 1. The Bertz CT molecular complexity index is 717. The molecule has 1 heterocycles. The van der Waals surface area contributed by atoms with Gasteiger partial charge in [-0.1, -0.05) is 30.3 Å². The quantitative estimate of drug-likeness (QED) is 0.883. The summed E-state index contributed by atoms with van der Waals surface area (Å²) in [7, 11) is 0. The lowest BCUT2D eigenvalue weighted by Crippen LogP contribution is -2.21. The van der Waals surface area contributed by atoms with E-state index in [0.717, 1.165) is 0 Å². The number of hydrogen-bond donors (Lipinski definition) is 1. The lowest BCUT2D eigenvalue weighted by atomic mass is 9.89. The van der Waals surface area contributed by atoms with Crippen LogP contribution in [0.1, 0.15) is 21.8 Å². The Morgan fingerprint density at radius 2 is 1.96 bits per heavy atom. The molecule has 1 aliphatic heterocycles. The summed E-state index contributed by atoms with van der Waals surface area (Å²) in [4.78, 5) is 24.0. The smallest absolute Gasteiger partial charge is 0.338 e. The predicted molar refractivity (Wildman–Crippen MR) is 82.4 cm³/mol. The van der Waals surface area contributed by atoms with Crippen molar-refractivity contribution in [3.05, 3.63) is 71.5 Å². The van der Waals surface area contributed by atoms with Crippen molar-refractivity contribution >= 4 is 11.9 Å². The minimum Gasteiger partial charge on any atom is -0.462 e. The zero-order chi connectivity index (χ0) is 16.2. The van der Waals surface area contributed by atoms with Crippen molar-refractivity contribution in [2.45, 2.75) is 5.92 Å². The van der Waals surface area contributed by atoms with E-state index in [0.29, 0.717) is 17.7 Å². The van der Waals surface area contributed by atoms with Crippen LogP contribution in [0.25, 0.3) is 0 Å². The maximum atomic E-state index is 13.4. The van der Waals surface area contributed by atoms with Gasteiger partial charge in [0.15, 0.2) is 0 Å². The first-order valence-electron chi connectivity index (χ1n) is 7.40. The third kappa shape index (κ3) is 3.39. The number of nitrogens with one attached hydrogen (secondary N) is 1. The molecule has 0 spiro atoms. The average Bonchev–Trinajstić information content (AvgIpc) is 2.94. The van der Waals surface area contributed by atoms with Gasteiger partial charge in [-0.15, -0.1) is 0 Å². The summed E-state index contributed by atoms with van der Waals surface area (Å²) in [6.07, 6.45) is 0. The van der Waals surface area contributed by atoms with E-state index in [1.54, 1.807) is 36.4 Å². The number of halogens is 1. The molecule has 2 aromatic rings. The summed E-state index contributed by atoms with van der Waals surface area (Å²) in [5, 5.41) is 2.75. The van der Waals surface area contributed by atoms with Gasteiger partial charge in [-0.05, 0) is 29.8 Å². The molecule has 0 bridgehead atoms. The first-order valence-corrected chi connectivity index (χ1v) is 7.40. The van der Waals surface area contributed by atoms with Gasteiger partial charge in [0.2, 0.25) is 5.91 Å². The van der Waals surface area contributed by atoms with Crippen LogP contribution in [0.15, 0.2) is 54.6 Å². The second-order valence-electron chi connectivity index (χ2n) is 5.50. The SMILES string of the molecule is O=C(OCC1CNC(=O)C1c1cccc(F)c1)c1ccccc1. The summed E-state index contributed by atoms with van der Waals surface area (Å²) < 4.78 is 18.7. The van der Waals surface area contributed by atoms with Gasteiger partial charge in [-0.3, -0.25) is 4.79 Å². The van der Waals surface area contributed by atoms with Crippen molar-refractivity contribution in [2.24, 2.45) is 5.92 Å². The van der Waals surface area contributed by atoms with Gasteiger partial charge in [-0.25, -0.2) is 9.18 Å². The van der Waals surface area contributed by atoms with Crippen LogP contribution in [0.5, 0.6) is 0 Å². The lowest BCUT2D eigenvalue weighted by molar-refractivity contribution is -0.120. The Labute approximate surface area is 133 Å². The van der Waals surface area contributed by atoms with Gasteiger partial charge in [0.25, 0.3) is 0 Å². The molecule has 118 valence electrons. The molecule has 1 fully saturated rings. The molecule has 3 rings (SSSR count). The molecule has 23 heavy (non-hydrogen) atoms. The summed E-state index contributed by atoms with van der Waals surface area (Å²) in [5.74, 6) is -1.70. The zero-order valence-corrected chi connectivity index (χ0v) is 12.4. The second kappa shape index (κ2) is 6.60. The van der Waals surface area contributed by atoms with E-state index >= 15 is 0 Å². The van der Waals surface area contributed by atoms with Crippen LogP contribution in [0.2, 0.25) is 0 Å². The molecule has 4 nitrogen and oxygen atoms in total. The fraction of sp³-hybridized carbons (Fsp3) is 0.222. The predicted octanol–water partition coefficient (Wildman–Crippen LogP) is 2.51. The number of amides is 1. The summed E-state index contributed by atoms with van der Waals surface area (Å²) in [6, 6.07) is 14.6. The van der Waals surface area contributed by atoms with Gasteiger partial charge in [-0.2, -0.15) is 0 Å². The molecule has 2 atom stereocenters. The topological polar surface area (TPSA) is 55.4 Å². The molecule has 1 N–H and O–H groups in total. The molecule has 2 unspecified atom stereocenters. The third-order valence-electron chi connectivity index (χ3n) is 3.94. The fourth-order valence-corrected chi connectivity index (χ4v) is 2.79. The highest BCUT2D eigenvalue weighted by Gasteiger charge is 2.36. The van der Waals surface area contributed by atoms with E-state index in [1.165, 1.54) is 12.1 Å². The van der Waals surface area contributed by atoms with Crippen LogP contribution >= 0.6 is 0 Å². The number of carbonyl (C=O) groups excluding carboxylic acids is 2. The number of carbonyl (C=O) groups is 2. The van der Waals surface area contributed by atoms with Crippen molar-refractivity contribution in [2.75, 3.05) is 13.2 Å². The lowest BCUT2D eigenvalue weighted by Gasteiger charge is -2.17. The van der Waals surface area contributed by atoms with Crippen molar-refractivity contribution < 1.29 is 18.7 Å². The molecule has 0 radical (unpaired) electrons. The molecular formula is C18H16FNO3. The molecule has 0 aliphatic carbocycles. The number of rotatable bonds is 4. The van der Waals surface area contributed by atoms with Crippen LogP contribution in [-0.2, 0) is 9.53 Å². The van der Waals surface area contributed by atoms with E-state index in [4.69, 9.17) is 4.74 Å². The van der Waals surface area contributed by atoms with E-state index in [1.807, 2.05) is 6.07 Å². The Hall–Kier alpha value is -2.69. The Balaban J connectivity index is 1.69. The summed E-state index contributed by atoms with van der Waals surface area (Å²) in [6.45, 7) is 0.510. The number of esters is 1. The first kappa shape index (κ1) is 15.2. The van der Waals surface area contributed by atoms with Crippen LogP contribution in [0, 0.1) is 11.7 Å². The number of hydrogen-bond acceptors (Lipinski definition) is 3. The highest BCUT2D eigenvalue weighted by molar-refractivity contribution is 5.89. The van der Waals surface area contributed by atoms with Crippen LogP contribution in [-0.4, -0.2) is 25.0 Å². The zero-order valence-electron chi connectivity index (χ0n) is 12.4. The molecule has 0 aromatic heterocycles. The van der Waals surface area contributed by atoms with E-state index in [-0.39, 0.29) is 24.2 Å². The highest BCUT2D eigenvalue weighted by Crippen LogP contribution is 2.30. The van der Waals surface area contributed by atoms with Gasteiger partial charge in [0.05, 0.1) is 18.1 Å². The molecule has 0 saturated carbocycles. The fourth-order valence-electron chi connectivity index (χ4n) is 2.79. The minimum absolute atomic E-state index is 0.105. The molecule has 2 aromatic carbocycles. The van der Waals surface area contributed by atoms with Crippen molar-refractivity contribution in [1.29, 1.82) is 0 Å². The molecule has 1 aliphatic rings. The average molecular weight is 313 g/mol. The van der Waals surface area contributed by atoms with Crippen molar-refractivity contribution in [3.8, 4) is 0 Å². The van der Waals surface area contributed by atoms with Gasteiger partial charge in [0, 0.05) is 12.5 Å². The van der Waals surface area contributed by atoms with E-state index in [9.17, 15) is 14.0 Å². The Morgan fingerprint density at radius 3 is 2.70 bits per heavy atom. The first-order chi connectivity index (χ1) is 11.1. The number of benzene rings is 2. The highest BCUT2D eigenvalue weighted by atomic mass is 19.1. The maximum absolute atomic E-state index is 13.4. The van der Waals surface area contributed by atoms with Gasteiger partial charge < -0.3 is 10.1 Å². The Morgan fingerprint density at radius 1 is 1.17 bits per heavy atom. The second-order valence-corrected chi connectivity index (χ2v) is 5.50. The molecule has 1 amide bonds. The molecule has 5 heteroatoms. The standard InChI is InChI=1S/C18H16FNO3/c19-15-8-4-7-13(9-15)16-14(10-20-17(16)21)11-23-18(22)12-5-2-1-3-6-12/h1-9,14,16H,10-11H2,(H,20,21). The monoisotopic (exact) mass is 313 g/mol. The largest absolute Gasteiger partial charge is 0.462 e. The summed E-state index contributed by atoms with van der Waals surface area (Å²) >= 11 is 0. The summed E-state index contributed by atoms with van der Waals surface area (Å²) in [5.41, 5.74) is 1.06. The maximum Gasteiger partial charge on any atom is 0.338 e. The normalized spacial score (nSPS) is 20.1. The molecular weight excluding hydrogens is 297 g/mol.